The molecular formula is C28H24N2O3S. The number of fused-ring (bicyclic) bond motifs is 5. The van der Waals surface area contributed by atoms with Gasteiger partial charge in [-0.2, -0.15) is 5.26 Å². The van der Waals surface area contributed by atoms with Crippen molar-refractivity contribution < 1.29 is 14.6 Å². The third-order valence-corrected chi connectivity index (χ3v) is 6.88. The summed E-state index contributed by atoms with van der Waals surface area (Å²) in [7, 11) is 1.55. The van der Waals surface area contributed by atoms with E-state index in [-0.39, 0.29) is 11.3 Å². The van der Waals surface area contributed by atoms with Crippen molar-refractivity contribution in [3.63, 3.8) is 0 Å². The van der Waals surface area contributed by atoms with Crippen molar-refractivity contribution in [2.24, 2.45) is 0 Å². The predicted octanol–water partition coefficient (Wildman–Crippen LogP) is 7.16. The summed E-state index contributed by atoms with van der Waals surface area (Å²) in [5, 5.41) is 25.1. The van der Waals surface area contributed by atoms with Gasteiger partial charge in [-0.25, -0.2) is 0 Å². The summed E-state index contributed by atoms with van der Waals surface area (Å²) in [4.78, 5) is 0.991. The van der Waals surface area contributed by atoms with Crippen molar-refractivity contribution in [2.45, 2.75) is 26.3 Å². The Labute approximate surface area is 202 Å². The Bertz CT molecular complexity index is 1450. The number of hydrogen-bond acceptors (Lipinski definition) is 6. The molecule has 0 saturated carbocycles. The maximum atomic E-state index is 10.5. The van der Waals surface area contributed by atoms with Gasteiger partial charge in [0, 0.05) is 33.3 Å². The predicted molar refractivity (Wildman–Crippen MR) is 139 cm³/mol. The summed E-state index contributed by atoms with van der Waals surface area (Å²) in [5.41, 5.74) is 6.60. The molecule has 6 heteroatoms. The molecule has 0 unspecified atom stereocenters. The molecule has 2 aliphatic heterocycles. The number of methoxy groups -OCH3 is 1. The summed E-state index contributed by atoms with van der Waals surface area (Å²) in [6.45, 7) is 6.39. The molecule has 0 amide bonds. The Morgan fingerprint density at radius 3 is 2.74 bits per heavy atom. The average Bonchev–Trinajstić information content (AvgIpc) is 3.23. The van der Waals surface area contributed by atoms with Crippen LogP contribution in [0.2, 0.25) is 0 Å². The highest BCUT2D eigenvalue weighted by atomic mass is 32.1. The van der Waals surface area contributed by atoms with Crippen molar-refractivity contribution in [3.8, 4) is 34.4 Å². The second-order valence-corrected chi connectivity index (χ2v) is 9.84. The van der Waals surface area contributed by atoms with Crippen molar-refractivity contribution in [1.29, 1.82) is 5.26 Å². The van der Waals surface area contributed by atoms with Crippen LogP contribution in [0.4, 0.5) is 5.69 Å². The molecule has 3 heterocycles. The molecule has 0 spiro atoms. The highest BCUT2D eigenvalue weighted by Gasteiger charge is 2.33. The first kappa shape index (κ1) is 21.9. The molecule has 5 rings (SSSR count). The number of phenolic OH excluding ortho intramolecular Hbond substituents is 1. The Kier molecular flexibility index (Phi) is 5.22. The number of nitriles is 1. The molecule has 0 atom stereocenters. The third-order valence-electron chi connectivity index (χ3n) is 6.00. The molecule has 0 saturated heterocycles. The Morgan fingerprint density at radius 1 is 1.15 bits per heavy atom. The molecule has 34 heavy (non-hydrogen) atoms. The van der Waals surface area contributed by atoms with Crippen LogP contribution in [0.25, 0.3) is 34.6 Å². The van der Waals surface area contributed by atoms with Crippen molar-refractivity contribution in [3.05, 3.63) is 69.4 Å². The normalized spacial score (nSPS) is 16.6. The number of rotatable bonds is 3. The van der Waals surface area contributed by atoms with Crippen LogP contribution in [0.15, 0.2) is 47.9 Å². The Hall–Kier alpha value is -3.95. The first-order valence-electron chi connectivity index (χ1n) is 10.9. The number of nitrogens with zero attached hydrogens (tertiary/aromatic N) is 1. The quantitative estimate of drug-likeness (QED) is 0.399. The molecule has 3 aromatic rings. The van der Waals surface area contributed by atoms with Crippen molar-refractivity contribution in [2.75, 3.05) is 12.4 Å². The van der Waals surface area contributed by atoms with Crippen molar-refractivity contribution >= 4 is 40.5 Å². The second kappa shape index (κ2) is 8.12. The monoisotopic (exact) mass is 468 g/mol. The molecule has 170 valence electrons. The smallest absolute Gasteiger partial charge is 0.172 e. The molecular weight excluding hydrogens is 444 g/mol. The number of nitrogens with one attached hydrogen (secondary N) is 1. The van der Waals surface area contributed by atoms with Gasteiger partial charge < -0.3 is 19.9 Å². The molecule has 0 radical (unpaired) electrons. The van der Waals surface area contributed by atoms with E-state index < -0.39 is 0 Å². The minimum atomic E-state index is -0.179. The SMILES string of the molecule is COc1c(O)ccc2c1-c1ccc3c(c1/C(=C/c1sccc1/C=C/C#N)O2)C(C)=CC(C)(C)N3. The number of hydrogen-bond donors (Lipinski definition) is 2. The maximum absolute atomic E-state index is 10.5. The summed E-state index contributed by atoms with van der Waals surface area (Å²) in [5.74, 6) is 1.77. The third kappa shape index (κ3) is 3.55. The van der Waals surface area contributed by atoms with Crippen LogP contribution >= 0.6 is 11.3 Å². The molecule has 5 nitrogen and oxygen atoms in total. The largest absolute Gasteiger partial charge is 0.504 e. The molecule has 0 bridgehead atoms. The number of benzene rings is 2. The van der Waals surface area contributed by atoms with E-state index >= 15 is 0 Å². The van der Waals surface area contributed by atoms with Gasteiger partial charge in [0.2, 0.25) is 0 Å². The van der Waals surface area contributed by atoms with E-state index in [2.05, 4.69) is 50.4 Å². The fourth-order valence-corrected chi connectivity index (χ4v) is 5.59. The Balaban J connectivity index is 1.82. The standard InChI is InChI=1S/C28H24N2O3S/c1-16-15-28(2,3)30-19-8-7-18-25(24(16)19)22(14-23-17(6-5-12-29)11-13-34-23)33-21-10-9-20(31)27(32-4)26(18)21/h5-11,13-15,30-31H,1-4H3/b6-5+,22-14-. The van der Waals surface area contributed by atoms with Crippen LogP contribution in [0.5, 0.6) is 17.2 Å². The van der Waals surface area contributed by atoms with Gasteiger partial charge in [0.1, 0.15) is 11.5 Å². The van der Waals surface area contributed by atoms with Gasteiger partial charge in [0.25, 0.3) is 0 Å². The van der Waals surface area contributed by atoms with E-state index in [1.54, 1.807) is 36.7 Å². The van der Waals surface area contributed by atoms with Crippen molar-refractivity contribution in [1.82, 2.24) is 0 Å². The Morgan fingerprint density at radius 2 is 1.97 bits per heavy atom. The van der Waals surface area contributed by atoms with Crippen LogP contribution in [-0.4, -0.2) is 17.8 Å². The zero-order valence-electron chi connectivity index (χ0n) is 19.4. The lowest BCUT2D eigenvalue weighted by Gasteiger charge is -2.35. The molecule has 0 aliphatic carbocycles. The average molecular weight is 469 g/mol. The highest BCUT2D eigenvalue weighted by Crippen LogP contribution is 2.54. The van der Waals surface area contributed by atoms with Crippen LogP contribution in [0, 0.1) is 11.3 Å². The van der Waals surface area contributed by atoms with Gasteiger partial charge in [-0.05, 0) is 73.7 Å². The van der Waals surface area contributed by atoms with E-state index in [1.807, 2.05) is 17.5 Å². The lowest BCUT2D eigenvalue weighted by molar-refractivity contribution is 0.371. The minimum absolute atomic E-state index is 0.0645. The van der Waals surface area contributed by atoms with Crippen LogP contribution in [-0.2, 0) is 0 Å². The van der Waals surface area contributed by atoms with Crippen LogP contribution < -0.4 is 14.8 Å². The number of ether oxygens (including phenoxy) is 2. The number of thiophene rings is 1. The first-order chi connectivity index (χ1) is 16.3. The van der Waals surface area contributed by atoms with E-state index in [9.17, 15) is 5.11 Å². The highest BCUT2D eigenvalue weighted by molar-refractivity contribution is 7.11. The van der Waals surface area contributed by atoms with Gasteiger partial charge in [-0.15, -0.1) is 11.3 Å². The zero-order chi connectivity index (χ0) is 24.0. The number of anilines is 1. The number of aromatic hydroxyl groups is 1. The molecule has 2 N–H and O–H groups in total. The topological polar surface area (TPSA) is 74.5 Å². The molecule has 2 aliphatic rings. The summed E-state index contributed by atoms with van der Waals surface area (Å²) in [6.07, 6.45) is 7.52. The number of allylic oxidation sites excluding steroid dienone is 2. The fraction of sp³-hybridized carbons (Fsp3) is 0.179. The molecule has 2 aromatic carbocycles. The van der Waals surface area contributed by atoms with Gasteiger partial charge in [0.15, 0.2) is 11.5 Å². The summed E-state index contributed by atoms with van der Waals surface area (Å²) in [6, 6.07) is 11.5. The fourth-order valence-electron chi connectivity index (χ4n) is 4.78. The van der Waals surface area contributed by atoms with E-state index in [0.29, 0.717) is 17.3 Å². The summed E-state index contributed by atoms with van der Waals surface area (Å²) < 4.78 is 12.1. The second-order valence-electron chi connectivity index (χ2n) is 8.89. The van der Waals surface area contributed by atoms with Gasteiger partial charge >= 0.3 is 0 Å². The van der Waals surface area contributed by atoms with Gasteiger partial charge in [-0.3, -0.25) is 0 Å². The van der Waals surface area contributed by atoms with E-state index in [0.717, 1.165) is 44.0 Å². The van der Waals surface area contributed by atoms with E-state index in [1.165, 1.54) is 6.08 Å². The minimum Gasteiger partial charge on any atom is -0.504 e. The van der Waals surface area contributed by atoms with Crippen LogP contribution in [0.1, 0.15) is 42.3 Å². The summed E-state index contributed by atoms with van der Waals surface area (Å²) >= 11 is 1.59. The number of phenols is 1. The lowest BCUT2D eigenvalue weighted by atomic mass is 9.83. The van der Waals surface area contributed by atoms with Gasteiger partial charge in [0.05, 0.1) is 24.3 Å². The van der Waals surface area contributed by atoms with Gasteiger partial charge in [-0.1, -0.05) is 12.1 Å². The van der Waals surface area contributed by atoms with Crippen LogP contribution in [0.3, 0.4) is 0 Å². The maximum Gasteiger partial charge on any atom is 0.172 e. The molecule has 1 aromatic heterocycles. The van der Waals surface area contributed by atoms with E-state index in [4.69, 9.17) is 14.7 Å². The lowest BCUT2D eigenvalue weighted by Crippen LogP contribution is -2.32. The molecule has 0 fully saturated rings. The zero-order valence-corrected chi connectivity index (χ0v) is 20.2. The first-order valence-corrected chi connectivity index (χ1v) is 11.8.